The smallest absolute Gasteiger partial charge is 0.253 e. The zero-order valence-electron chi connectivity index (χ0n) is 16.3. The predicted octanol–water partition coefficient (Wildman–Crippen LogP) is 3.95. The Morgan fingerprint density at radius 3 is 2.37 bits per heavy atom. The molecule has 0 aliphatic carbocycles. The van der Waals surface area contributed by atoms with E-state index in [9.17, 15) is 13.2 Å². The van der Waals surface area contributed by atoms with E-state index in [-0.39, 0.29) is 5.91 Å². The Hall–Kier alpha value is -3.19. The molecule has 0 radical (unpaired) electrons. The number of ether oxygens (including phenoxy) is 1. The van der Waals surface area contributed by atoms with Crippen LogP contribution >= 0.6 is 0 Å². The third kappa shape index (κ3) is 4.36. The number of pyridine rings is 1. The van der Waals surface area contributed by atoms with Crippen molar-refractivity contribution in [3.8, 4) is 11.6 Å². The normalized spacial score (nSPS) is 15.0. The summed E-state index contributed by atoms with van der Waals surface area (Å²) >= 11 is 0. The molecule has 0 N–H and O–H groups in total. The van der Waals surface area contributed by atoms with Gasteiger partial charge in [0.05, 0.1) is 10.1 Å². The molecule has 0 atom stereocenters. The van der Waals surface area contributed by atoms with E-state index < -0.39 is 15.1 Å². The number of amides is 1. The molecule has 7 heteroatoms. The number of carbonyl (C=O) groups is 1. The largest absolute Gasteiger partial charge is 0.439 e. The highest BCUT2D eigenvalue weighted by molar-refractivity contribution is 7.92. The van der Waals surface area contributed by atoms with Gasteiger partial charge in [0.25, 0.3) is 5.91 Å². The number of likely N-dealkylation sites (tertiary alicyclic amines) is 1. The molecular weight excluding hydrogens is 400 g/mol. The Bertz CT molecular complexity index is 1110. The van der Waals surface area contributed by atoms with Crippen molar-refractivity contribution in [1.29, 1.82) is 0 Å². The number of hydrogen-bond donors (Lipinski definition) is 0. The van der Waals surface area contributed by atoms with Gasteiger partial charge in [-0.3, -0.25) is 4.79 Å². The minimum Gasteiger partial charge on any atom is -0.439 e. The SMILES string of the molecule is O=C(c1cccc(Oc2ccccn2)c1)N1CCC(S(=O)(=O)c2ccccc2)CC1. The first kappa shape index (κ1) is 20.1. The van der Waals surface area contributed by atoms with Crippen LogP contribution in [0.25, 0.3) is 0 Å². The second kappa shape index (κ2) is 8.67. The van der Waals surface area contributed by atoms with E-state index in [1.807, 2.05) is 6.07 Å². The van der Waals surface area contributed by atoms with E-state index in [1.54, 1.807) is 77.8 Å². The van der Waals surface area contributed by atoms with Crippen molar-refractivity contribution in [3.05, 3.63) is 84.6 Å². The molecule has 0 saturated carbocycles. The van der Waals surface area contributed by atoms with Gasteiger partial charge in [0.15, 0.2) is 9.84 Å². The van der Waals surface area contributed by atoms with Crippen molar-refractivity contribution in [2.24, 2.45) is 0 Å². The van der Waals surface area contributed by atoms with Crippen LogP contribution in [0.5, 0.6) is 11.6 Å². The standard InChI is InChI=1S/C23H22N2O4S/c26-23(18-7-6-8-19(17-18)29-22-11-4-5-14-24-22)25-15-12-21(13-16-25)30(27,28)20-9-2-1-3-10-20/h1-11,14,17,21H,12-13,15-16H2. The third-order valence-corrected chi connectivity index (χ3v) is 7.46. The first-order chi connectivity index (χ1) is 14.5. The summed E-state index contributed by atoms with van der Waals surface area (Å²) in [6.07, 6.45) is 2.48. The van der Waals surface area contributed by atoms with Crippen molar-refractivity contribution in [2.75, 3.05) is 13.1 Å². The maximum atomic E-state index is 12.9. The van der Waals surface area contributed by atoms with Crippen molar-refractivity contribution < 1.29 is 17.9 Å². The molecule has 1 aliphatic heterocycles. The summed E-state index contributed by atoms with van der Waals surface area (Å²) in [4.78, 5) is 19.1. The monoisotopic (exact) mass is 422 g/mol. The number of rotatable bonds is 5. The summed E-state index contributed by atoms with van der Waals surface area (Å²) in [6, 6.07) is 20.8. The average molecular weight is 423 g/mol. The molecule has 1 amide bonds. The van der Waals surface area contributed by atoms with Gasteiger partial charge in [-0.15, -0.1) is 0 Å². The first-order valence-electron chi connectivity index (χ1n) is 9.81. The van der Waals surface area contributed by atoms with Crippen LogP contribution in [0.3, 0.4) is 0 Å². The van der Waals surface area contributed by atoms with E-state index in [0.717, 1.165) is 0 Å². The Labute approximate surface area is 176 Å². The molecule has 1 aromatic heterocycles. The van der Waals surface area contributed by atoms with E-state index in [1.165, 1.54) is 0 Å². The number of carbonyl (C=O) groups excluding carboxylic acids is 1. The number of benzene rings is 2. The van der Waals surface area contributed by atoms with Crippen LogP contribution in [0.15, 0.2) is 83.9 Å². The van der Waals surface area contributed by atoms with Gasteiger partial charge in [0.2, 0.25) is 5.88 Å². The summed E-state index contributed by atoms with van der Waals surface area (Å²) in [7, 11) is -3.38. The highest BCUT2D eigenvalue weighted by atomic mass is 32.2. The molecular formula is C23H22N2O4S. The maximum absolute atomic E-state index is 12.9. The Balaban J connectivity index is 1.42. The minimum atomic E-state index is -3.38. The van der Waals surface area contributed by atoms with E-state index in [4.69, 9.17) is 4.74 Å². The zero-order chi connectivity index (χ0) is 21.0. The van der Waals surface area contributed by atoms with E-state index in [2.05, 4.69) is 4.98 Å². The van der Waals surface area contributed by atoms with Crippen LogP contribution in [0.2, 0.25) is 0 Å². The number of piperidine rings is 1. The predicted molar refractivity (Wildman–Crippen MR) is 113 cm³/mol. The topological polar surface area (TPSA) is 76.6 Å². The van der Waals surface area contributed by atoms with Crippen LogP contribution in [-0.4, -0.2) is 42.5 Å². The maximum Gasteiger partial charge on any atom is 0.253 e. The van der Waals surface area contributed by atoms with Crippen molar-refractivity contribution >= 4 is 15.7 Å². The number of sulfone groups is 1. The summed E-state index contributed by atoms with van der Waals surface area (Å²) < 4.78 is 31.4. The number of nitrogens with zero attached hydrogens (tertiary/aromatic N) is 2. The molecule has 2 heterocycles. The Morgan fingerprint density at radius 2 is 1.67 bits per heavy atom. The van der Waals surface area contributed by atoms with Gasteiger partial charge in [0.1, 0.15) is 5.75 Å². The quantitative estimate of drug-likeness (QED) is 0.622. The fourth-order valence-corrected chi connectivity index (χ4v) is 5.33. The molecule has 3 aromatic rings. The fraction of sp³-hybridized carbons (Fsp3) is 0.217. The molecule has 0 spiro atoms. The highest BCUT2D eigenvalue weighted by Crippen LogP contribution is 2.26. The van der Waals surface area contributed by atoms with Crippen molar-refractivity contribution in [2.45, 2.75) is 23.0 Å². The second-order valence-corrected chi connectivity index (χ2v) is 9.38. The molecule has 6 nitrogen and oxygen atoms in total. The number of aromatic nitrogens is 1. The lowest BCUT2D eigenvalue weighted by Crippen LogP contribution is -2.42. The van der Waals surface area contributed by atoms with Gasteiger partial charge in [0, 0.05) is 30.9 Å². The van der Waals surface area contributed by atoms with Crippen LogP contribution in [0, 0.1) is 0 Å². The minimum absolute atomic E-state index is 0.128. The Kier molecular flexibility index (Phi) is 5.81. The zero-order valence-corrected chi connectivity index (χ0v) is 17.2. The van der Waals surface area contributed by atoms with Gasteiger partial charge in [-0.1, -0.05) is 30.3 Å². The second-order valence-electron chi connectivity index (χ2n) is 7.15. The van der Waals surface area contributed by atoms with Gasteiger partial charge in [-0.25, -0.2) is 13.4 Å². The molecule has 1 aliphatic rings. The summed E-state index contributed by atoms with van der Waals surface area (Å²) in [5.74, 6) is 0.854. The molecule has 154 valence electrons. The lowest BCUT2D eigenvalue weighted by molar-refractivity contribution is 0.0725. The van der Waals surface area contributed by atoms with Gasteiger partial charge >= 0.3 is 0 Å². The summed E-state index contributed by atoms with van der Waals surface area (Å²) in [5, 5.41) is -0.470. The van der Waals surface area contributed by atoms with Gasteiger partial charge < -0.3 is 9.64 Å². The van der Waals surface area contributed by atoms with Crippen LogP contribution in [0.1, 0.15) is 23.2 Å². The first-order valence-corrected chi connectivity index (χ1v) is 11.4. The molecule has 4 rings (SSSR count). The third-order valence-electron chi connectivity index (χ3n) is 5.18. The highest BCUT2D eigenvalue weighted by Gasteiger charge is 2.32. The van der Waals surface area contributed by atoms with Crippen molar-refractivity contribution in [1.82, 2.24) is 9.88 Å². The van der Waals surface area contributed by atoms with Crippen LogP contribution < -0.4 is 4.74 Å². The van der Waals surface area contributed by atoms with E-state index in [0.29, 0.717) is 48.0 Å². The molecule has 30 heavy (non-hydrogen) atoms. The van der Waals surface area contributed by atoms with Crippen LogP contribution in [-0.2, 0) is 9.84 Å². The molecule has 0 bridgehead atoms. The molecule has 2 aromatic carbocycles. The van der Waals surface area contributed by atoms with Crippen LogP contribution in [0.4, 0.5) is 0 Å². The lowest BCUT2D eigenvalue weighted by Gasteiger charge is -2.32. The Morgan fingerprint density at radius 1 is 0.933 bits per heavy atom. The molecule has 1 fully saturated rings. The molecule has 1 saturated heterocycles. The summed E-state index contributed by atoms with van der Waals surface area (Å²) in [5.41, 5.74) is 0.507. The van der Waals surface area contributed by atoms with Gasteiger partial charge in [-0.05, 0) is 49.2 Å². The van der Waals surface area contributed by atoms with E-state index >= 15 is 0 Å². The number of hydrogen-bond acceptors (Lipinski definition) is 5. The average Bonchev–Trinajstić information content (AvgIpc) is 2.80. The fourth-order valence-electron chi connectivity index (χ4n) is 3.58. The summed E-state index contributed by atoms with van der Waals surface area (Å²) in [6.45, 7) is 0.807. The molecule has 0 unspecified atom stereocenters. The lowest BCUT2D eigenvalue weighted by atomic mass is 10.1. The van der Waals surface area contributed by atoms with Gasteiger partial charge in [-0.2, -0.15) is 0 Å². The van der Waals surface area contributed by atoms with Crippen molar-refractivity contribution in [3.63, 3.8) is 0 Å².